The standard InChI is InChI=1S/C12H18O/c13-12-10-8-6-4-2-1-3-5-7-9-11-12/h1-2,7-10,12-13H,3-6,11H2/b2-1+,9-7+,10-8+. The second-order valence-electron chi connectivity index (χ2n) is 3.33. The Kier molecular flexibility index (Phi) is 5.27. The molecule has 0 aromatic heterocycles. The first-order valence-electron chi connectivity index (χ1n) is 5.04. The van der Waals surface area contributed by atoms with Crippen LogP contribution in [-0.2, 0) is 0 Å². The lowest BCUT2D eigenvalue weighted by Gasteiger charge is -2.00. The third-order valence-electron chi connectivity index (χ3n) is 2.07. The van der Waals surface area contributed by atoms with Crippen LogP contribution in [0, 0.1) is 0 Å². The quantitative estimate of drug-likeness (QED) is 0.565. The van der Waals surface area contributed by atoms with Crippen LogP contribution in [0.2, 0.25) is 0 Å². The smallest absolute Gasteiger partial charge is 0.0755 e. The number of aliphatic hydroxyl groups is 1. The minimum absolute atomic E-state index is 0.292. The molecule has 0 aromatic rings. The van der Waals surface area contributed by atoms with Gasteiger partial charge in [0, 0.05) is 0 Å². The Morgan fingerprint density at radius 3 is 2.00 bits per heavy atom. The molecule has 1 N–H and O–H groups in total. The van der Waals surface area contributed by atoms with Gasteiger partial charge in [-0.3, -0.25) is 0 Å². The first-order chi connectivity index (χ1) is 6.39. The van der Waals surface area contributed by atoms with E-state index >= 15 is 0 Å². The van der Waals surface area contributed by atoms with Crippen LogP contribution in [0.5, 0.6) is 0 Å². The Bertz CT molecular complexity index is 201. The third kappa shape index (κ3) is 5.42. The summed E-state index contributed by atoms with van der Waals surface area (Å²) >= 11 is 0. The van der Waals surface area contributed by atoms with Gasteiger partial charge in [-0.05, 0) is 32.1 Å². The molecule has 0 aromatic carbocycles. The molecule has 0 bridgehead atoms. The van der Waals surface area contributed by atoms with E-state index in [2.05, 4.69) is 30.4 Å². The lowest BCUT2D eigenvalue weighted by Crippen LogP contribution is -1.99. The highest BCUT2D eigenvalue weighted by Crippen LogP contribution is 2.03. The number of hydrogen-bond donors (Lipinski definition) is 1. The summed E-state index contributed by atoms with van der Waals surface area (Å²) in [5.74, 6) is 0. The molecule has 0 amide bonds. The van der Waals surface area contributed by atoms with Gasteiger partial charge >= 0.3 is 0 Å². The molecule has 1 rings (SSSR count). The topological polar surface area (TPSA) is 20.2 Å². The number of allylic oxidation sites excluding steroid dienone is 4. The minimum atomic E-state index is -0.292. The maximum atomic E-state index is 9.44. The van der Waals surface area contributed by atoms with Gasteiger partial charge in [-0.2, -0.15) is 0 Å². The van der Waals surface area contributed by atoms with Crippen molar-refractivity contribution in [3.05, 3.63) is 36.5 Å². The molecule has 1 aliphatic carbocycles. The Hall–Kier alpha value is -0.820. The van der Waals surface area contributed by atoms with Crippen LogP contribution in [-0.4, -0.2) is 11.2 Å². The summed E-state index contributed by atoms with van der Waals surface area (Å²) in [5, 5.41) is 9.44. The van der Waals surface area contributed by atoms with Crippen molar-refractivity contribution in [3.63, 3.8) is 0 Å². The molecule has 0 radical (unpaired) electrons. The van der Waals surface area contributed by atoms with E-state index in [0.717, 1.165) is 32.1 Å². The fourth-order valence-electron chi connectivity index (χ4n) is 1.31. The molecule has 0 spiro atoms. The van der Waals surface area contributed by atoms with Crippen molar-refractivity contribution in [2.24, 2.45) is 0 Å². The summed E-state index contributed by atoms with van der Waals surface area (Å²) in [7, 11) is 0. The molecule has 0 saturated heterocycles. The summed E-state index contributed by atoms with van der Waals surface area (Å²) in [5.41, 5.74) is 0. The second-order valence-corrected chi connectivity index (χ2v) is 3.33. The van der Waals surface area contributed by atoms with Gasteiger partial charge < -0.3 is 5.11 Å². The average Bonchev–Trinajstić information content (AvgIpc) is 2.11. The number of aliphatic hydroxyl groups excluding tert-OH is 1. The minimum Gasteiger partial charge on any atom is -0.389 e. The molecule has 13 heavy (non-hydrogen) atoms. The Balaban J connectivity index is 2.41. The van der Waals surface area contributed by atoms with Crippen molar-refractivity contribution in [3.8, 4) is 0 Å². The van der Waals surface area contributed by atoms with Crippen LogP contribution in [0.3, 0.4) is 0 Å². The molecule has 0 aliphatic heterocycles. The van der Waals surface area contributed by atoms with E-state index in [9.17, 15) is 5.11 Å². The average molecular weight is 178 g/mol. The summed E-state index contributed by atoms with van der Waals surface area (Å²) in [6.07, 6.45) is 17.4. The van der Waals surface area contributed by atoms with Gasteiger partial charge in [0.15, 0.2) is 0 Å². The maximum absolute atomic E-state index is 9.44. The molecule has 1 atom stereocenters. The Labute approximate surface area is 80.5 Å². The van der Waals surface area contributed by atoms with Gasteiger partial charge in [0.2, 0.25) is 0 Å². The summed E-state index contributed by atoms with van der Waals surface area (Å²) in [6, 6.07) is 0. The largest absolute Gasteiger partial charge is 0.389 e. The van der Waals surface area contributed by atoms with Crippen LogP contribution >= 0.6 is 0 Å². The third-order valence-corrected chi connectivity index (χ3v) is 2.07. The van der Waals surface area contributed by atoms with Gasteiger partial charge in [0.25, 0.3) is 0 Å². The molecular formula is C12H18O. The highest BCUT2D eigenvalue weighted by atomic mass is 16.3. The highest BCUT2D eigenvalue weighted by Gasteiger charge is 1.93. The number of rotatable bonds is 0. The van der Waals surface area contributed by atoms with Gasteiger partial charge in [-0.1, -0.05) is 36.5 Å². The molecule has 0 heterocycles. The van der Waals surface area contributed by atoms with E-state index in [-0.39, 0.29) is 6.10 Å². The lowest BCUT2D eigenvalue weighted by atomic mass is 10.1. The van der Waals surface area contributed by atoms with E-state index in [1.54, 1.807) is 0 Å². The van der Waals surface area contributed by atoms with Gasteiger partial charge in [0.1, 0.15) is 0 Å². The molecule has 1 unspecified atom stereocenters. The zero-order valence-electron chi connectivity index (χ0n) is 8.02. The van der Waals surface area contributed by atoms with Crippen molar-refractivity contribution in [2.75, 3.05) is 0 Å². The normalized spacial score (nSPS) is 32.5. The molecule has 1 aliphatic rings. The van der Waals surface area contributed by atoms with Crippen molar-refractivity contribution in [2.45, 2.75) is 38.2 Å². The van der Waals surface area contributed by atoms with E-state index in [1.165, 1.54) is 0 Å². The second kappa shape index (κ2) is 6.67. The molecule has 72 valence electrons. The van der Waals surface area contributed by atoms with Crippen LogP contribution in [0.25, 0.3) is 0 Å². The monoisotopic (exact) mass is 178 g/mol. The maximum Gasteiger partial charge on any atom is 0.0755 e. The fourth-order valence-corrected chi connectivity index (χ4v) is 1.31. The van der Waals surface area contributed by atoms with Crippen molar-refractivity contribution < 1.29 is 5.11 Å². The zero-order chi connectivity index (χ0) is 9.36. The van der Waals surface area contributed by atoms with Gasteiger partial charge in [-0.25, -0.2) is 0 Å². The van der Waals surface area contributed by atoms with Crippen LogP contribution in [0.1, 0.15) is 32.1 Å². The summed E-state index contributed by atoms with van der Waals surface area (Å²) in [4.78, 5) is 0. The molecule has 0 fully saturated rings. The Morgan fingerprint density at radius 2 is 1.31 bits per heavy atom. The van der Waals surface area contributed by atoms with Crippen molar-refractivity contribution >= 4 is 0 Å². The molecule has 1 nitrogen and oxygen atoms in total. The van der Waals surface area contributed by atoms with Gasteiger partial charge in [-0.15, -0.1) is 0 Å². The SMILES string of the molecule is OC1/C=C/CC/C=C/CC/C=C/C1. The first-order valence-corrected chi connectivity index (χ1v) is 5.04. The lowest BCUT2D eigenvalue weighted by molar-refractivity contribution is 0.226. The van der Waals surface area contributed by atoms with Crippen LogP contribution in [0.4, 0.5) is 0 Å². The van der Waals surface area contributed by atoms with Crippen LogP contribution in [0.15, 0.2) is 36.5 Å². The molecular weight excluding hydrogens is 160 g/mol. The fraction of sp³-hybridized carbons (Fsp3) is 0.500. The summed E-state index contributed by atoms with van der Waals surface area (Å²) < 4.78 is 0. The first kappa shape index (κ1) is 10.3. The zero-order valence-corrected chi connectivity index (χ0v) is 8.02. The number of hydrogen-bond acceptors (Lipinski definition) is 1. The predicted octanol–water partition coefficient (Wildman–Crippen LogP) is 2.98. The van der Waals surface area contributed by atoms with E-state index < -0.39 is 0 Å². The van der Waals surface area contributed by atoms with Crippen LogP contribution < -0.4 is 0 Å². The predicted molar refractivity (Wildman–Crippen MR) is 56.5 cm³/mol. The summed E-state index contributed by atoms with van der Waals surface area (Å²) in [6.45, 7) is 0. The Morgan fingerprint density at radius 1 is 0.769 bits per heavy atom. The van der Waals surface area contributed by atoms with Crippen molar-refractivity contribution in [1.82, 2.24) is 0 Å². The molecule has 1 heteroatoms. The highest BCUT2D eigenvalue weighted by molar-refractivity contribution is 4.97. The van der Waals surface area contributed by atoms with E-state index in [1.807, 2.05) is 6.08 Å². The van der Waals surface area contributed by atoms with Gasteiger partial charge in [0.05, 0.1) is 6.10 Å². The van der Waals surface area contributed by atoms with Crippen molar-refractivity contribution in [1.29, 1.82) is 0 Å². The van der Waals surface area contributed by atoms with E-state index in [0.29, 0.717) is 0 Å². The van der Waals surface area contributed by atoms with E-state index in [4.69, 9.17) is 0 Å². The molecule has 0 saturated carbocycles.